The van der Waals surface area contributed by atoms with E-state index < -0.39 is 17.8 Å². The van der Waals surface area contributed by atoms with Crippen LogP contribution in [-0.2, 0) is 19.0 Å². The standard InChI is InChI=1S/C20H17F3N4O/c21-20(22,23)14-7-5-12(6-8-14)9-18-26-19(28-27-18)16(24)10-13-11-25-17-4-2-1-3-15(13)17/h1-8,11,16,25H,9-10,24H2/t16-/m0/s1. The highest BCUT2D eigenvalue weighted by Crippen LogP contribution is 2.29. The van der Waals surface area contributed by atoms with Crippen molar-refractivity contribution >= 4 is 10.9 Å². The molecule has 8 heteroatoms. The summed E-state index contributed by atoms with van der Waals surface area (Å²) in [5, 5.41) is 4.98. The third kappa shape index (κ3) is 3.77. The predicted octanol–water partition coefficient (Wildman–Crippen LogP) is 4.40. The normalized spacial score (nSPS) is 13.1. The molecule has 0 aliphatic carbocycles. The molecule has 2 aromatic heterocycles. The van der Waals surface area contributed by atoms with Gasteiger partial charge in [0.05, 0.1) is 11.6 Å². The molecule has 1 atom stereocenters. The molecule has 0 saturated carbocycles. The first-order valence-corrected chi connectivity index (χ1v) is 8.69. The molecule has 0 unspecified atom stereocenters. The third-order valence-electron chi connectivity index (χ3n) is 4.56. The quantitative estimate of drug-likeness (QED) is 0.533. The summed E-state index contributed by atoms with van der Waals surface area (Å²) in [7, 11) is 0. The molecule has 2 aromatic carbocycles. The van der Waals surface area contributed by atoms with Crippen LogP contribution in [0.25, 0.3) is 10.9 Å². The Morgan fingerprint density at radius 3 is 2.57 bits per heavy atom. The topological polar surface area (TPSA) is 80.7 Å². The number of fused-ring (bicyclic) bond motifs is 1. The fourth-order valence-corrected chi connectivity index (χ4v) is 3.11. The Kier molecular flexibility index (Phi) is 4.64. The number of nitrogens with zero attached hydrogens (tertiary/aromatic N) is 2. The minimum Gasteiger partial charge on any atom is -0.361 e. The van der Waals surface area contributed by atoms with Crippen molar-refractivity contribution in [1.82, 2.24) is 15.1 Å². The number of nitrogens with two attached hydrogens (primary N) is 1. The van der Waals surface area contributed by atoms with Gasteiger partial charge in [0.2, 0.25) is 5.89 Å². The SMILES string of the molecule is N[C@@H](Cc1c[nH]c2ccccc12)c1nc(Cc2ccc(C(F)(F)F)cc2)no1. The van der Waals surface area contributed by atoms with Gasteiger partial charge in [-0.1, -0.05) is 35.5 Å². The number of rotatable bonds is 5. The van der Waals surface area contributed by atoms with Gasteiger partial charge >= 0.3 is 6.18 Å². The van der Waals surface area contributed by atoms with Crippen LogP contribution in [0.2, 0.25) is 0 Å². The van der Waals surface area contributed by atoms with E-state index in [-0.39, 0.29) is 6.42 Å². The minimum atomic E-state index is -4.35. The zero-order chi connectivity index (χ0) is 19.7. The molecule has 5 nitrogen and oxygen atoms in total. The molecule has 0 spiro atoms. The highest BCUT2D eigenvalue weighted by atomic mass is 19.4. The van der Waals surface area contributed by atoms with E-state index in [1.54, 1.807) is 0 Å². The van der Waals surface area contributed by atoms with Crippen LogP contribution in [-0.4, -0.2) is 15.1 Å². The third-order valence-corrected chi connectivity index (χ3v) is 4.56. The number of hydrogen-bond acceptors (Lipinski definition) is 4. The van der Waals surface area contributed by atoms with Crippen molar-refractivity contribution in [3.05, 3.63) is 83.1 Å². The lowest BCUT2D eigenvalue weighted by molar-refractivity contribution is -0.137. The summed E-state index contributed by atoms with van der Waals surface area (Å²) in [4.78, 5) is 7.50. The minimum absolute atomic E-state index is 0.265. The summed E-state index contributed by atoms with van der Waals surface area (Å²) in [6.07, 6.45) is -1.66. The average molecular weight is 386 g/mol. The summed E-state index contributed by atoms with van der Waals surface area (Å²) in [5.74, 6) is 0.677. The molecule has 4 aromatic rings. The monoisotopic (exact) mass is 386 g/mol. The second-order valence-corrected chi connectivity index (χ2v) is 6.59. The summed E-state index contributed by atoms with van der Waals surface area (Å²) in [6.45, 7) is 0. The number of aromatic nitrogens is 3. The first-order chi connectivity index (χ1) is 13.4. The van der Waals surface area contributed by atoms with Crippen LogP contribution in [0, 0.1) is 0 Å². The zero-order valence-electron chi connectivity index (χ0n) is 14.7. The Bertz CT molecular complexity index is 1080. The fraction of sp³-hybridized carbons (Fsp3) is 0.200. The maximum atomic E-state index is 12.6. The van der Waals surface area contributed by atoms with Gasteiger partial charge in [-0.25, -0.2) is 0 Å². The van der Waals surface area contributed by atoms with E-state index in [1.807, 2.05) is 30.5 Å². The number of H-pyrrole nitrogens is 1. The van der Waals surface area contributed by atoms with E-state index >= 15 is 0 Å². The van der Waals surface area contributed by atoms with Crippen molar-refractivity contribution in [3.63, 3.8) is 0 Å². The van der Waals surface area contributed by atoms with Gasteiger partial charge in [0, 0.05) is 23.5 Å². The molecule has 0 radical (unpaired) electrons. The van der Waals surface area contributed by atoms with E-state index in [2.05, 4.69) is 15.1 Å². The van der Waals surface area contributed by atoms with Crippen molar-refractivity contribution in [2.24, 2.45) is 5.73 Å². The van der Waals surface area contributed by atoms with Crippen LogP contribution in [0.15, 0.2) is 59.3 Å². The Hall–Kier alpha value is -3.13. The van der Waals surface area contributed by atoms with Gasteiger partial charge in [0.1, 0.15) is 0 Å². The van der Waals surface area contributed by atoms with Crippen LogP contribution in [0.3, 0.4) is 0 Å². The van der Waals surface area contributed by atoms with Gasteiger partial charge in [-0.15, -0.1) is 0 Å². The lowest BCUT2D eigenvalue weighted by atomic mass is 10.1. The number of nitrogens with one attached hydrogen (secondary N) is 1. The van der Waals surface area contributed by atoms with E-state index in [1.165, 1.54) is 12.1 Å². The Morgan fingerprint density at radius 1 is 1.07 bits per heavy atom. The number of aromatic amines is 1. The van der Waals surface area contributed by atoms with E-state index in [9.17, 15) is 13.2 Å². The van der Waals surface area contributed by atoms with Crippen LogP contribution < -0.4 is 5.73 Å². The van der Waals surface area contributed by atoms with E-state index in [4.69, 9.17) is 10.3 Å². The van der Waals surface area contributed by atoms with Gasteiger partial charge in [-0.05, 0) is 35.7 Å². The summed E-state index contributed by atoms with van der Waals surface area (Å²) < 4.78 is 43.2. The highest BCUT2D eigenvalue weighted by Gasteiger charge is 2.30. The number of hydrogen-bond donors (Lipinski definition) is 2. The molecular weight excluding hydrogens is 369 g/mol. The molecule has 0 aliphatic rings. The van der Waals surface area contributed by atoms with E-state index in [0.717, 1.165) is 28.6 Å². The molecule has 3 N–H and O–H groups in total. The Labute approximate surface area is 158 Å². The first-order valence-electron chi connectivity index (χ1n) is 8.69. The van der Waals surface area contributed by atoms with Crippen molar-refractivity contribution in [3.8, 4) is 0 Å². The molecule has 0 amide bonds. The average Bonchev–Trinajstić information content (AvgIpc) is 3.29. The number of benzene rings is 2. The molecular formula is C20H17F3N4O. The van der Waals surface area contributed by atoms with Crippen molar-refractivity contribution < 1.29 is 17.7 Å². The fourth-order valence-electron chi connectivity index (χ4n) is 3.11. The molecule has 0 fully saturated rings. The highest BCUT2D eigenvalue weighted by molar-refractivity contribution is 5.83. The van der Waals surface area contributed by atoms with Gasteiger partial charge in [-0.2, -0.15) is 18.2 Å². The Balaban J connectivity index is 1.45. The summed E-state index contributed by atoms with van der Waals surface area (Å²) >= 11 is 0. The lowest BCUT2D eigenvalue weighted by Gasteiger charge is -2.06. The van der Waals surface area contributed by atoms with Gasteiger partial charge in [0.25, 0.3) is 0 Å². The largest absolute Gasteiger partial charge is 0.416 e. The summed E-state index contributed by atoms with van der Waals surface area (Å²) in [6, 6.07) is 12.3. The number of halogens is 3. The van der Waals surface area contributed by atoms with Gasteiger partial charge in [0.15, 0.2) is 5.82 Å². The molecule has 4 rings (SSSR count). The molecule has 144 valence electrons. The summed E-state index contributed by atoms with van der Waals surface area (Å²) in [5.41, 5.74) is 8.26. The molecule has 0 saturated heterocycles. The lowest BCUT2D eigenvalue weighted by Crippen LogP contribution is -2.13. The first kappa shape index (κ1) is 18.2. The maximum Gasteiger partial charge on any atom is 0.416 e. The van der Waals surface area contributed by atoms with Crippen LogP contribution in [0.4, 0.5) is 13.2 Å². The molecule has 0 aliphatic heterocycles. The molecule has 28 heavy (non-hydrogen) atoms. The smallest absolute Gasteiger partial charge is 0.361 e. The second kappa shape index (κ2) is 7.12. The number of para-hydroxylation sites is 1. The second-order valence-electron chi connectivity index (χ2n) is 6.59. The predicted molar refractivity (Wildman–Crippen MR) is 97.5 cm³/mol. The molecule has 0 bridgehead atoms. The van der Waals surface area contributed by atoms with Crippen LogP contribution >= 0.6 is 0 Å². The van der Waals surface area contributed by atoms with Crippen molar-refractivity contribution in [1.29, 1.82) is 0 Å². The van der Waals surface area contributed by atoms with E-state index in [0.29, 0.717) is 23.7 Å². The van der Waals surface area contributed by atoms with Crippen molar-refractivity contribution in [2.75, 3.05) is 0 Å². The van der Waals surface area contributed by atoms with Crippen LogP contribution in [0.5, 0.6) is 0 Å². The zero-order valence-corrected chi connectivity index (χ0v) is 14.7. The Morgan fingerprint density at radius 2 is 1.82 bits per heavy atom. The van der Waals surface area contributed by atoms with Crippen LogP contribution in [0.1, 0.15) is 34.4 Å². The molecule has 2 heterocycles. The maximum absolute atomic E-state index is 12.6. The number of alkyl halides is 3. The van der Waals surface area contributed by atoms with Gasteiger partial charge < -0.3 is 15.2 Å². The van der Waals surface area contributed by atoms with Crippen molar-refractivity contribution in [2.45, 2.75) is 25.1 Å². The van der Waals surface area contributed by atoms with Gasteiger partial charge in [-0.3, -0.25) is 0 Å².